The van der Waals surface area contributed by atoms with Crippen LogP contribution in [0.1, 0.15) is 36.8 Å². The molecule has 0 heterocycles. The molecule has 0 amide bonds. The van der Waals surface area contributed by atoms with Gasteiger partial charge in [-0.25, -0.2) is 4.79 Å². The van der Waals surface area contributed by atoms with Gasteiger partial charge in [-0.15, -0.1) is 0 Å². The molecule has 0 saturated heterocycles. The van der Waals surface area contributed by atoms with E-state index in [1.54, 1.807) is 24.3 Å². The molecule has 2 atom stereocenters. The first-order valence-corrected chi connectivity index (χ1v) is 11.7. The number of ether oxygens (including phenoxy) is 1. The van der Waals surface area contributed by atoms with Crippen molar-refractivity contribution in [2.24, 2.45) is 11.8 Å². The molecule has 2 aromatic carbocycles. The van der Waals surface area contributed by atoms with Crippen molar-refractivity contribution in [1.29, 1.82) is 0 Å². The van der Waals surface area contributed by atoms with Crippen molar-refractivity contribution in [2.45, 2.75) is 37.4 Å². The molecule has 174 valence electrons. The Morgan fingerprint density at radius 1 is 0.844 bits per heavy atom. The van der Waals surface area contributed by atoms with Gasteiger partial charge in [-0.2, -0.15) is 0 Å². The second-order valence-corrected chi connectivity index (χ2v) is 9.64. The number of hydrogen-bond donors (Lipinski definition) is 1. The predicted octanol–water partition coefficient (Wildman–Crippen LogP) is 3.76. The first kappa shape index (κ1) is 24.4. The van der Waals surface area contributed by atoms with Crippen LogP contribution < -0.4 is 0 Å². The molecule has 5 heteroatoms. The predicted molar refractivity (Wildman–Crippen MR) is 128 cm³/mol. The lowest BCUT2D eigenvalue weighted by Crippen LogP contribution is -2.46. The lowest BCUT2D eigenvalue weighted by molar-refractivity contribution is -0.175. The molecule has 0 bridgehead atoms. The normalized spacial score (nSPS) is 22.0. The summed E-state index contributed by atoms with van der Waals surface area (Å²) in [6, 6.07) is 18.3. The molecule has 2 unspecified atom stereocenters. The van der Waals surface area contributed by atoms with E-state index in [1.807, 2.05) is 36.4 Å². The first-order chi connectivity index (χ1) is 15.3. The van der Waals surface area contributed by atoms with Gasteiger partial charge in [-0.05, 0) is 52.2 Å². The van der Waals surface area contributed by atoms with Crippen LogP contribution in [0.5, 0.6) is 0 Å². The van der Waals surface area contributed by atoms with Gasteiger partial charge in [0.1, 0.15) is 6.10 Å². The van der Waals surface area contributed by atoms with Crippen molar-refractivity contribution >= 4 is 5.97 Å². The van der Waals surface area contributed by atoms with Crippen LogP contribution in [0.15, 0.2) is 60.7 Å². The van der Waals surface area contributed by atoms with E-state index >= 15 is 0 Å². The molecule has 0 radical (unpaired) electrons. The summed E-state index contributed by atoms with van der Waals surface area (Å²) in [5, 5.41) is 11.9. The van der Waals surface area contributed by atoms with Crippen molar-refractivity contribution in [2.75, 3.05) is 41.3 Å². The molecule has 0 aromatic heterocycles. The monoisotopic (exact) mass is 438 g/mol. The quantitative estimate of drug-likeness (QED) is 0.502. The van der Waals surface area contributed by atoms with Gasteiger partial charge in [0.25, 0.3) is 0 Å². The van der Waals surface area contributed by atoms with Gasteiger partial charge in [0.2, 0.25) is 5.60 Å². The Bertz CT molecular complexity index is 779. The van der Waals surface area contributed by atoms with E-state index in [4.69, 9.17) is 4.74 Å². The fraction of sp³-hybridized carbons (Fsp3) is 0.519. The third kappa shape index (κ3) is 5.77. The van der Waals surface area contributed by atoms with Crippen LogP contribution in [-0.2, 0) is 15.1 Å². The van der Waals surface area contributed by atoms with Gasteiger partial charge in [0.05, 0.1) is 0 Å². The zero-order valence-electron chi connectivity index (χ0n) is 19.9. The molecule has 1 aliphatic rings. The molecule has 1 fully saturated rings. The van der Waals surface area contributed by atoms with Gasteiger partial charge in [0, 0.05) is 24.9 Å². The third-order valence-electron chi connectivity index (χ3n) is 6.45. The maximum atomic E-state index is 13.8. The zero-order chi connectivity index (χ0) is 23.1. The van der Waals surface area contributed by atoms with Crippen molar-refractivity contribution < 1.29 is 14.6 Å². The van der Waals surface area contributed by atoms with Crippen molar-refractivity contribution in [3.05, 3.63) is 71.8 Å². The third-order valence-corrected chi connectivity index (χ3v) is 6.45. The largest absolute Gasteiger partial charge is 0.459 e. The minimum Gasteiger partial charge on any atom is -0.459 e. The van der Waals surface area contributed by atoms with Crippen LogP contribution in [0.4, 0.5) is 0 Å². The van der Waals surface area contributed by atoms with Crippen molar-refractivity contribution in [3.8, 4) is 0 Å². The molecule has 1 saturated carbocycles. The minimum absolute atomic E-state index is 0.234. The number of aliphatic hydroxyl groups is 1. The summed E-state index contributed by atoms with van der Waals surface area (Å²) in [6.45, 7) is 1.72. The summed E-state index contributed by atoms with van der Waals surface area (Å²) in [6.07, 6.45) is 4.08. The van der Waals surface area contributed by atoms with Crippen LogP contribution in [0.25, 0.3) is 0 Å². The summed E-state index contributed by atoms with van der Waals surface area (Å²) in [5.74, 6) is -0.122. The van der Waals surface area contributed by atoms with Crippen molar-refractivity contribution in [3.63, 3.8) is 0 Å². The Morgan fingerprint density at radius 3 is 1.62 bits per heavy atom. The molecule has 1 N–H and O–H groups in total. The number of benzene rings is 2. The van der Waals surface area contributed by atoms with Gasteiger partial charge in [-0.1, -0.05) is 73.5 Å². The smallest absolute Gasteiger partial charge is 0.347 e. The van der Waals surface area contributed by atoms with E-state index < -0.39 is 11.6 Å². The van der Waals surface area contributed by atoms with E-state index in [-0.39, 0.29) is 17.9 Å². The lowest BCUT2D eigenvalue weighted by atomic mass is 9.85. The highest BCUT2D eigenvalue weighted by Crippen LogP contribution is 2.36. The summed E-state index contributed by atoms with van der Waals surface area (Å²) in [7, 11) is 8.26. The van der Waals surface area contributed by atoms with Crippen LogP contribution in [0.2, 0.25) is 0 Å². The maximum Gasteiger partial charge on any atom is 0.347 e. The van der Waals surface area contributed by atoms with E-state index in [0.717, 1.165) is 38.8 Å². The van der Waals surface area contributed by atoms with Crippen LogP contribution >= 0.6 is 0 Å². The Kier molecular flexibility index (Phi) is 8.46. The highest BCUT2D eigenvalue weighted by atomic mass is 16.6. The first-order valence-electron chi connectivity index (χ1n) is 11.7. The molecular formula is C27H38N2O3. The van der Waals surface area contributed by atoms with E-state index in [9.17, 15) is 9.90 Å². The summed E-state index contributed by atoms with van der Waals surface area (Å²) >= 11 is 0. The van der Waals surface area contributed by atoms with Crippen LogP contribution in [0, 0.1) is 11.8 Å². The van der Waals surface area contributed by atoms with Gasteiger partial charge < -0.3 is 19.6 Å². The Morgan fingerprint density at radius 2 is 1.25 bits per heavy atom. The number of carbonyl (C=O) groups excluding carboxylic acids is 1. The Labute approximate surface area is 193 Å². The SMILES string of the molecule is CN(C)CC1CCCCC(CN(C)C)C1OC(=O)C(O)(c1ccccc1)c1ccccc1. The van der Waals surface area contributed by atoms with Gasteiger partial charge >= 0.3 is 5.97 Å². The number of carbonyl (C=O) groups is 1. The topological polar surface area (TPSA) is 53.0 Å². The average Bonchev–Trinajstić information content (AvgIpc) is 2.95. The van der Waals surface area contributed by atoms with Crippen molar-refractivity contribution in [1.82, 2.24) is 9.80 Å². The fourth-order valence-electron chi connectivity index (χ4n) is 5.02. The summed E-state index contributed by atoms with van der Waals surface area (Å²) in [5.41, 5.74) is -0.795. The molecule has 2 aromatic rings. The molecule has 0 aliphatic heterocycles. The lowest BCUT2D eigenvalue weighted by Gasteiger charge is -2.37. The van der Waals surface area contributed by atoms with E-state index in [2.05, 4.69) is 38.0 Å². The van der Waals surface area contributed by atoms with Gasteiger partial charge in [0.15, 0.2) is 0 Å². The van der Waals surface area contributed by atoms with E-state index in [0.29, 0.717) is 11.1 Å². The fourth-order valence-corrected chi connectivity index (χ4v) is 5.02. The molecule has 3 rings (SSSR count). The highest BCUT2D eigenvalue weighted by molar-refractivity contribution is 5.85. The van der Waals surface area contributed by atoms with Crippen LogP contribution in [-0.4, -0.2) is 68.3 Å². The summed E-state index contributed by atoms with van der Waals surface area (Å²) < 4.78 is 6.33. The van der Waals surface area contributed by atoms with Gasteiger partial charge in [-0.3, -0.25) is 0 Å². The maximum absolute atomic E-state index is 13.8. The molecule has 32 heavy (non-hydrogen) atoms. The highest BCUT2D eigenvalue weighted by Gasteiger charge is 2.45. The van der Waals surface area contributed by atoms with E-state index in [1.165, 1.54) is 0 Å². The Hall–Kier alpha value is -2.21. The Balaban J connectivity index is 1.98. The molecule has 1 aliphatic carbocycles. The molecule has 0 spiro atoms. The minimum atomic E-state index is -1.85. The van der Waals surface area contributed by atoms with Crippen LogP contribution in [0.3, 0.4) is 0 Å². The second-order valence-electron chi connectivity index (χ2n) is 9.64. The summed E-state index contributed by atoms with van der Waals surface area (Å²) in [4.78, 5) is 18.2. The number of esters is 1. The second kappa shape index (κ2) is 11.1. The standard InChI is InChI=1S/C27H38N2O3/c1-28(2)19-21-13-11-12-14-22(20-29(3)4)25(21)32-26(30)27(31,23-15-7-5-8-16-23)24-17-9-6-10-18-24/h5-10,15-18,21-22,25,31H,11-14,19-20H2,1-4H3. The average molecular weight is 439 g/mol. The number of rotatable bonds is 8. The number of nitrogens with zero attached hydrogens (tertiary/aromatic N) is 2. The molecule has 5 nitrogen and oxygen atoms in total. The zero-order valence-corrected chi connectivity index (χ0v) is 19.9. The number of hydrogen-bond acceptors (Lipinski definition) is 5. The molecular weight excluding hydrogens is 400 g/mol.